The summed E-state index contributed by atoms with van der Waals surface area (Å²) in [6.07, 6.45) is 4.19. The van der Waals surface area contributed by atoms with Crippen LogP contribution >= 0.6 is 11.6 Å². The van der Waals surface area contributed by atoms with Crippen LogP contribution in [0.5, 0.6) is 0 Å². The van der Waals surface area contributed by atoms with Crippen molar-refractivity contribution in [3.8, 4) is 11.8 Å². The van der Waals surface area contributed by atoms with Gasteiger partial charge < -0.3 is 5.11 Å². The molecule has 26 heavy (non-hydrogen) atoms. The van der Waals surface area contributed by atoms with Crippen LogP contribution < -0.4 is 0 Å². The maximum Gasteiger partial charge on any atom is 0.306 e. The van der Waals surface area contributed by atoms with Gasteiger partial charge in [0.15, 0.2) is 0 Å². The minimum atomic E-state index is -0.676. The van der Waals surface area contributed by atoms with E-state index in [0.717, 1.165) is 49.2 Å². The van der Waals surface area contributed by atoms with Crippen LogP contribution in [0.25, 0.3) is 0 Å². The summed E-state index contributed by atoms with van der Waals surface area (Å²) in [5.41, 5.74) is 2.99. The molecule has 1 aliphatic heterocycles. The summed E-state index contributed by atoms with van der Waals surface area (Å²) in [6.45, 7) is 1.69. The highest BCUT2D eigenvalue weighted by molar-refractivity contribution is 6.30. The summed E-state index contributed by atoms with van der Waals surface area (Å²) in [4.78, 5) is 22.3. The fourth-order valence-corrected chi connectivity index (χ4v) is 3.68. The molecular weight excluding hydrogens is 350 g/mol. The minimum absolute atomic E-state index is 0.179. The lowest BCUT2D eigenvalue weighted by atomic mass is 9.78. The molecule has 1 fully saturated rings. The molecule has 1 aromatic heterocycles. The van der Waals surface area contributed by atoms with Crippen LogP contribution in [-0.4, -0.2) is 38.5 Å². The molecular formula is C20H18ClN3O2. The number of benzene rings is 1. The highest BCUT2D eigenvalue weighted by atomic mass is 35.5. The fraction of sp³-hybridized carbons (Fsp3) is 0.350. The normalized spacial score (nSPS) is 21.9. The van der Waals surface area contributed by atoms with E-state index in [0.29, 0.717) is 16.9 Å². The Bertz CT molecular complexity index is 913. The third kappa shape index (κ3) is 3.57. The number of nitrogens with zero attached hydrogens (tertiary/aromatic N) is 3. The van der Waals surface area contributed by atoms with E-state index in [1.54, 1.807) is 0 Å². The molecule has 6 heteroatoms. The number of carboxylic acid groups (broad SMARTS) is 1. The summed E-state index contributed by atoms with van der Waals surface area (Å²) >= 11 is 5.97. The molecule has 1 aromatic carbocycles. The number of hydrogen-bond acceptors (Lipinski definition) is 4. The quantitative estimate of drug-likeness (QED) is 0.827. The lowest BCUT2D eigenvalue weighted by molar-refractivity contribution is -0.147. The standard InChI is InChI=1S/C20H18ClN3O2/c21-16-3-1-2-13(8-16)4-5-19-22-11-15-12-24(7-6-18(15)23-19)17-9-14(10-17)20(25)26/h1-3,8,11,14,17H,6-7,9-10,12H2,(H,25,26). The average molecular weight is 368 g/mol. The highest BCUT2D eigenvalue weighted by Crippen LogP contribution is 2.34. The Labute approximate surface area is 157 Å². The van der Waals surface area contributed by atoms with Crippen molar-refractivity contribution in [1.29, 1.82) is 0 Å². The number of fused-ring (bicyclic) bond motifs is 1. The molecule has 2 aromatic rings. The van der Waals surface area contributed by atoms with E-state index in [4.69, 9.17) is 16.7 Å². The summed E-state index contributed by atoms with van der Waals surface area (Å²) in [5, 5.41) is 9.68. The Morgan fingerprint density at radius 1 is 1.31 bits per heavy atom. The smallest absolute Gasteiger partial charge is 0.306 e. The first-order chi connectivity index (χ1) is 12.6. The molecule has 4 rings (SSSR count). The van der Waals surface area contributed by atoms with Gasteiger partial charge in [-0.1, -0.05) is 23.6 Å². The number of aliphatic carboxylic acids is 1. The van der Waals surface area contributed by atoms with Crippen LogP contribution in [0.2, 0.25) is 5.02 Å². The summed E-state index contributed by atoms with van der Waals surface area (Å²) in [6, 6.07) is 7.76. The second-order valence-electron chi connectivity index (χ2n) is 6.81. The molecule has 1 aliphatic carbocycles. The van der Waals surface area contributed by atoms with Crippen LogP contribution in [0.15, 0.2) is 30.5 Å². The van der Waals surface area contributed by atoms with Crippen molar-refractivity contribution in [2.45, 2.75) is 31.8 Å². The molecule has 0 radical (unpaired) electrons. The fourth-order valence-electron chi connectivity index (χ4n) is 3.49. The third-order valence-corrected chi connectivity index (χ3v) is 5.32. The zero-order valence-corrected chi connectivity index (χ0v) is 14.9. The summed E-state index contributed by atoms with van der Waals surface area (Å²) in [7, 11) is 0. The predicted octanol–water partition coefficient (Wildman–Crippen LogP) is 2.75. The van der Waals surface area contributed by atoms with Crippen molar-refractivity contribution in [3.05, 3.63) is 58.1 Å². The predicted molar refractivity (Wildman–Crippen MR) is 97.7 cm³/mol. The molecule has 2 aliphatic rings. The number of hydrogen-bond donors (Lipinski definition) is 1. The maximum atomic E-state index is 11.0. The van der Waals surface area contributed by atoms with E-state index in [1.807, 2.05) is 30.5 Å². The Balaban J connectivity index is 1.44. The zero-order valence-electron chi connectivity index (χ0n) is 14.2. The van der Waals surface area contributed by atoms with Gasteiger partial charge in [-0.05, 0) is 37.0 Å². The van der Waals surface area contributed by atoms with Crippen molar-refractivity contribution in [3.63, 3.8) is 0 Å². The SMILES string of the molecule is O=C(O)C1CC(N2CCc3nc(C#Cc4cccc(Cl)c4)ncc3C2)C1. The van der Waals surface area contributed by atoms with Gasteiger partial charge in [0.25, 0.3) is 0 Å². The Morgan fingerprint density at radius 2 is 2.15 bits per heavy atom. The number of aromatic nitrogens is 2. The van der Waals surface area contributed by atoms with E-state index in [2.05, 4.69) is 26.7 Å². The Hall–Kier alpha value is -2.42. The van der Waals surface area contributed by atoms with E-state index in [1.165, 1.54) is 0 Å². The van der Waals surface area contributed by atoms with Gasteiger partial charge in [-0.3, -0.25) is 9.69 Å². The van der Waals surface area contributed by atoms with Crippen molar-refractivity contribution < 1.29 is 9.90 Å². The van der Waals surface area contributed by atoms with Crippen LogP contribution in [0.4, 0.5) is 0 Å². The van der Waals surface area contributed by atoms with Crippen molar-refractivity contribution >= 4 is 17.6 Å². The van der Waals surface area contributed by atoms with Crippen molar-refractivity contribution in [2.24, 2.45) is 5.92 Å². The van der Waals surface area contributed by atoms with Crippen molar-refractivity contribution in [2.75, 3.05) is 6.54 Å². The van der Waals surface area contributed by atoms with Gasteiger partial charge in [0.1, 0.15) is 0 Å². The third-order valence-electron chi connectivity index (χ3n) is 5.09. The van der Waals surface area contributed by atoms with Gasteiger partial charge in [-0.15, -0.1) is 0 Å². The van der Waals surface area contributed by atoms with E-state index in [9.17, 15) is 4.79 Å². The number of carbonyl (C=O) groups is 1. The molecule has 0 saturated heterocycles. The van der Waals surface area contributed by atoms with E-state index in [-0.39, 0.29) is 5.92 Å². The first-order valence-corrected chi connectivity index (χ1v) is 9.05. The first kappa shape index (κ1) is 17.0. The molecule has 0 bridgehead atoms. The number of rotatable bonds is 2. The molecule has 1 saturated carbocycles. The molecule has 0 atom stereocenters. The van der Waals surface area contributed by atoms with E-state index < -0.39 is 5.97 Å². The monoisotopic (exact) mass is 367 g/mol. The molecule has 2 heterocycles. The second-order valence-corrected chi connectivity index (χ2v) is 7.24. The summed E-state index contributed by atoms with van der Waals surface area (Å²) < 4.78 is 0. The first-order valence-electron chi connectivity index (χ1n) is 8.68. The van der Waals surface area contributed by atoms with Gasteiger partial charge in [-0.2, -0.15) is 0 Å². The zero-order chi connectivity index (χ0) is 18.1. The summed E-state index contributed by atoms with van der Waals surface area (Å²) in [5.74, 6) is 5.71. The molecule has 0 spiro atoms. The molecule has 0 unspecified atom stereocenters. The minimum Gasteiger partial charge on any atom is -0.481 e. The van der Waals surface area contributed by atoms with Gasteiger partial charge in [0, 0.05) is 47.9 Å². The molecule has 5 nitrogen and oxygen atoms in total. The second kappa shape index (κ2) is 7.06. The van der Waals surface area contributed by atoms with Gasteiger partial charge in [0.05, 0.1) is 11.6 Å². The molecule has 132 valence electrons. The van der Waals surface area contributed by atoms with E-state index >= 15 is 0 Å². The van der Waals surface area contributed by atoms with Crippen LogP contribution in [-0.2, 0) is 17.8 Å². The molecule has 1 N–H and O–H groups in total. The van der Waals surface area contributed by atoms with Crippen LogP contribution in [0, 0.1) is 17.8 Å². The van der Waals surface area contributed by atoms with Crippen LogP contribution in [0.1, 0.15) is 35.5 Å². The Morgan fingerprint density at radius 3 is 2.92 bits per heavy atom. The average Bonchev–Trinajstić information content (AvgIpc) is 2.58. The highest BCUT2D eigenvalue weighted by Gasteiger charge is 2.38. The van der Waals surface area contributed by atoms with Crippen LogP contribution in [0.3, 0.4) is 0 Å². The maximum absolute atomic E-state index is 11.0. The van der Waals surface area contributed by atoms with Gasteiger partial charge >= 0.3 is 5.97 Å². The van der Waals surface area contributed by atoms with Crippen molar-refractivity contribution in [1.82, 2.24) is 14.9 Å². The number of carboxylic acids is 1. The van der Waals surface area contributed by atoms with Gasteiger partial charge in [0.2, 0.25) is 5.82 Å². The topological polar surface area (TPSA) is 66.3 Å². The Kier molecular flexibility index (Phi) is 4.62. The lowest BCUT2D eigenvalue weighted by Gasteiger charge is -2.43. The largest absolute Gasteiger partial charge is 0.481 e. The molecule has 0 amide bonds. The lowest BCUT2D eigenvalue weighted by Crippen LogP contribution is -2.48. The van der Waals surface area contributed by atoms with Gasteiger partial charge in [-0.25, -0.2) is 9.97 Å². The number of halogens is 1.